The summed E-state index contributed by atoms with van der Waals surface area (Å²) in [5.74, 6) is -4.91. The molecule has 0 spiro atoms. The third-order valence-corrected chi connectivity index (χ3v) is 6.31. The van der Waals surface area contributed by atoms with E-state index in [0.29, 0.717) is 37.9 Å². The van der Waals surface area contributed by atoms with Crippen molar-refractivity contribution in [1.29, 1.82) is 0 Å². The van der Waals surface area contributed by atoms with E-state index in [1.165, 1.54) is 0 Å². The first-order valence-corrected chi connectivity index (χ1v) is 12.0. The van der Waals surface area contributed by atoms with E-state index in [2.05, 4.69) is 14.8 Å². The molecule has 0 bridgehead atoms. The van der Waals surface area contributed by atoms with Crippen LogP contribution in [0.4, 0.5) is 13.6 Å². The summed E-state index contributed by atoms with van der Waals surface area (Å²) in [7, 11) is 2.06. The summed E-state index contributed by atoms with van der Waals surface area (Å²) in [5, 5.41) is 3.45. The SMILES string of the molecule is COC(=O)c1cc(F)c(OC2CC(NCC3CCN(C(=O)OC(C)(C)C)CC3)C2)c(F)c1C(=O)OC. The molecule has 200 valence electrons. The number of hydrogen-bond donors (Lipinski definition) is 1. The van der Waals surface area contributed by atoms with Crippen LogP contribution in [-0.2, 0) is 14.2 Å². The second kappa shape index (κ2) is 11.4. The molecule has 1 saturated heterocycles. The number of benzene rings is 1. The monoisotopic (exact) mass is 512 g/mol. The minimum Gasteiger partial charge on any atom is -0.484 e. The minimum absolute atomic E-state index is 0.124. The van der Waals surface area contributed by atoms with Gasteiger partial charge in [0.15, 0.2) is 17.4 Å². The second-order valence-corrected chi connectivity index (χ2v) is 10.1. The van der Waals surface area contributed by atoms with Crippen LogP contribution in [-0.4, -0.2) is 74.5 Å². The van der Waals surface area contributed by atoms with E-state index in [-0.39, 0.29) is 12.1 Å². The topological polar surface area (TPSA) is 103 Å². The number of carbonyl (C=O) groups is 3. The highest BCUT2D eigenvalue weighted by Crippen LogP contribution is 2.33. The molecule has 1 saturated carbocycles. The molecule has 11 heteroatoms. The van der Waals surface area contributed by atoms with Crippen molar-refractivity contribution in [2.24, 2.45) is 5.92 Å². The maximum Gasteiger partial charge on any atom is 0.410 e. The summed E-state index contributed by atoms with van der Waals surface area (Å²) >= 11 is 0. The Bertz CT molecular complexity index is 982. The van der Waals surface area contributed by atoms with Gasteiger partial charge in [-0.3, -0.25) is 0 Å². The number of nitrogens with zero attached hydrogens (tertiary/aromatic N) is 1. The molecule has 2 aliphatic rings. The van der Waals surface area contributed by atoms with E-state index in [9.17, 15) is 23.2 Å². The molecule has 1 amide bonds. The fourth-order valence-corrected chi connectivity index (χ4v) is 4.26. The smallest absolute Gasteiger partial charge is 0.410 e. The zero-order valence-electron chi connectivity index (χ0n) is 21.3. The molecule has 36 heavy (non-hydrogen) atoms. The molecule has 1 aliphatic heterocycles. The van der Waals surface area contributed by atoms with Crippen LogP contribution in [0.15, 0.2) is 6.07 Å². The van der Waals surface area contributed by atoms with Gasteiger partial charge >= 0.3 is 18.0 Å². The molecule has 1 aromatic carbocycles. The number of halogens is 2. The summed E-state index contributed by atoms with van der Waals surface area (Å²) in [6.45, 7) is 7.57. The van der Waals surface area contributed by atoms with Crippen LogP contribution in [0, 0.1) is 17.6 Å². The van der Waals surface area contributed by atoms with Crippen LogP contribution in [0.1, 0.15) is 67.2 Å². The first-order chi connectivity index (χ1) is 16.9. The first kappa shape index (κ1) is 27.6. The second-order valence-electron chi connectivity index (χ2n) is 10.1. The fourth-order valence-electron chi connectivity index (χ4n) is 4.26. The predicted octanol–water partition coefficient (Wildman–Crippen LogP) is 3.68. The molecule has 1 aliphatic carbocycles. The number of nitrogens with one attached hydrogen (secondary N) is 1. The maximum absolute atomic E-state index is 15.0. The van der Waals surface area contributed by atoms with Crippen LogP contribution in [0.2, 0.25) is 0 Å². The minimum atomic E-state index is -1.30. The number of carbonyl (C=O) groups excluding carboxylic acids is 3. The van der Waals surface area contributed by atoms with Crippen molar-refractivity contribution >= 4 is 18.0 Å². The van der Waals surface area contributed by atoms with E-state index < -0.39 is 52.2 Å². The fraction of sp³-hybridized carbons (Fsp3) is 0.640. The highest BCUT2D eigenvalue weighted by molar-refractivity contribution is 6.03. The van der Waals surface area contributed by atoms with Gasteiger partial charge in [-0.1, -0.05) is 0 Å². The third-order valence-electron chi connectivity index (χ3n) is 6.31. The lowest BCUT2D eigenvalue weighted by Crippen LogP contribution is -2.49. The van der Waals surface area contributed by atoms with Gasteiger partial charge in [-0.25, -0.2) is 23.2 Å². The van der Waals surface area contributed by atoms with Gasteiger partial charge in [0.05, 0.1) is 19.8 Å². The Kier molecular flexibility index (Phi) is 8.76. The highest BCUT2D eigenvalue weighted by atomic mass is 19.1. The quantitative estimate of drug-likeness (QED) is 0.436. The maximum atomic E-state index is 15.0. The molecule has 1 aromatic rings. The molecule has 0 unspecified atom stereocenters. The number of esters is 2. The van der Waals surface area contributed by atoms with Crippen molar-refractivity contribution in [3.05, 3.63) is 28.8 Å². The lowest BCUT2D eigenvalue weighted by atomic mass is 9.88. The Balaban J connectivity index is 1.49. The van der Waals surface area contributed by atoms with Crippen LogP contribution in [0.3, 0.4) is 0 Å². The Hall–Kier alpha value is -2.95. The van der Waals surface area contributed by atoms with Crippen LogP contribution in [0.5, 0.6) is 5.75 Å². The molecule has 0 atom stereocenters. The standard InChI is InChI=1S/C25H34F2N2O7/c1-25(2,3)36-24(32)29-8-6-14(7-9-29)13-28-15-10-16(11-15)35-21-18(26)12-17(22(30)33-4)19(20(21)27)23(31)34-5/h12,14-16,28H,6-11,13H2,1-5H3. The lowest BCUT2D eigenvalue weighted by molar-refractivity contribution is 0.0176. The van der Waals surface area contributed by atoms with Crippen LogP contribution >= 0.6 is 0 Å². The molecule has 3 rings (SSSR count). The number of piperidine rings is 1. The van der Waals surface area contributed by atoms with Crippen molar-refractivity contribution in [3.8, 4) is 5.75 Å². The predicted molar refractivity (Wildman–Crippen MR) is 125 cm³/mol. The molecule has 9 nitrogen and oxygen atoms in total. The molecule has 2 fully saturated rings. The Morgan fingerprint density at radius 2 is 1.67 bits per heavy atom. The average molecular weight is 513 g/mol. The number of ether oxygens (including phenoxy) is 4. The Labute approximate surface area is 209 Å². The van der Waals surface area contributed by atoms with E-state index in [1.807, 2.05) is 20.8 Å². The normalized spacial score (nSPS) is 20.4. The van der Waals surface area contributed by atoms with Crippen molar-refractivity contribution in [3.63, 3.8) is 0 Å². The van der Waals surface area contributed by atoms with Gasteiger partial charge in [0.1, 0.15) is 17.3 Å². The number of likely N-dealkylation sites (tertiary alicyclic amines) is 1. The Morgan fingerprint density at radius 1 is 1.06 bits per heavy atom. The van der Waals surface area contributed by atoms with Crippen LogP contribution in [0.25, 0.3) is 0 Å². The largest absolute Gasteiger partial charge is 0.484 e. The number of methoxy groups -OCH3 is 2. The number of hydrogen-bond acceptors (Lipinski definition) is 8. The van der Waals surface area contributed by atoms with E-state index in [4.69, 9.17) is 9.47 Å². The highest BCUT2D eigenvalue weighted by Gasteiger charge is 2.36. The third kappa shape index (κ3) is 6.63. The van der Waals surface area contributed by atoms with Crippen molar-refractivity contribution < 1.29 is 42.1 Å². The summed E-state index contributed by atoms with van der Waals surface area (Å²) in [4.78, 5) is 37.8. The van der Waals surface area contributed by atoms with Crippen molar-refractivity contribution in [2.45, 2.75) is 64.2 Å². The summed E-state index contributed by atoms with van der Waals surface area (Å²) in [6, 6.07) is 0.841. The molecule has 1 heterocycles. The summed E-state index contributed by atoms with van der Waals surface area (Å²) in [5.41, 5.74) is -1.82. The average Bonchev–Trinajstić information content (AvgIpc) is 2.80. The zero-order valence-corrected chi connectivity index (χ0v) is 21.3. The van der Waals surface area contributed by atoms with Crippen molar-refractivity contribution in [1.82, 2.24) is 10.2 Å². The summed E-state index contributed by atoms with van der Waals surface area (Å²) in [6.07, 6.45) is 2.04. The first-order valence-electron chi connectivity index (χ1n) is 12.0. The molecule has 0 aromatic heterocycles. The van der Waals surface area contributed by atoms with E-state index in [0.717, 1.165) is 33.6 Å². The van der Waals surface area contributed by atoms with Gasteiger partial charge in [-0.15, -0.1) is 0 Å². The van der Waals surface area contributed by atoms with E-state index in [1.54, 1.807) is 4.90 Å². The Morgan fingerprint density at radius 3 is 2.22 bits per heavy atom. The molecule has 0 radical (unpaired) electrons. The number of amides is 1. The van der Waals surface area contributed by atoms with E-state index >= 15 is 0 Å². The van der Waals surface area contributed by atoms with Crippen LogP contribution < -0.4 is 10.1 Å². The zero-order chi connectivity index (χ0) is 26.6. The molecular formula is C25H34F2N2O7. The van der Waals surface area contributed by atoms with Gasteiger partial charge in [-0.05, 0) is 65.0 Å². The van der Waals surface area contributed by atoms with Gasteiger partial charge in [-0.2, -0.15) is 0 Å². The number of rotatable bonds is 7. The lowest BCUT2D eigenvalue weighted by Gasteiger charge is -2.38. The summed E-state index contributed by atoms with van der Waals surface area (Å²) < 4.78 is 49.5. The van der Waals surface area contributed by atoms with Gasteiger partial charge in [0, 0.05) is 19.1 Å². The van der Waals surface area contributed by atoms with Crippen molar-refractivity contribution in [2.75, 3.05) is 33.9 Å². The van der Waals surface area contributed by atoms with Gasteiger partial charge in [0.2, 0.25) is 0 Å². The molecule has 1 N–H and O–H groups in total. The van der Waals surface area contributed by atoms with Gasteiger partial charge in [0.25, 0.3) is 0 Å². The molecular weight excluding hydrogens is 478 g/mol. The van der Waals surface area contributed by atoms with Gasteiger partial charge < -0.3 is 29.2 Å².